The third-order valence-electron chi connectivity index (χ3n) is 4.11. The standard InChI is InChI=1S/C19H34N2O6/c1-18(2,3)26-16(23)20-11-13-8-9-21(17(24)27-19(4,5)6)12-14(13)10-15(22)25-7/h13-14H,8-12H2,1-7H3,(H,20,23). The molecule has 0 aromatic rings. The second-order valence-electron chi connectivity index (χ2n) is 8.90. The van der Waals surface area contributed by atoms with Crippen LogP contribution in [0.2, 0.25) is 0 Å². The van der Waals surface area contributed by atoms with Crippen molar-refractivity contribution in [2.24, 2.45) is 11.8 Å². The second kappa shape index (κ2) is 9.28. The van der Waals surface area contributed by atoms with E-state index in [4.69, 9.17) is 14.2 Å². The van der Waals surface area contributed by atoms with E-state index < -0.39 is 23.4 Å². The fourth-order valence-corrected chi connectivity index (χ4v) is 2.90. The van der Waals surface area contributed by atoms with Gasteiger partial charge < -0.3 is 24.4 Å². The van der Waals surface area contributed by atoms with E-state index in [2.05, 4.69) is 5.32 Å². The highest BCUT2D eigenvalue weighted by atomic mass is 16.6. The van der Waals surface area contributed by atoms with E-state index in [0.717, 1.165) is 0 Å². The van der Waals surface area contributed by atoms with Crippen LogP contribution in [0.5, 0.6) is 0 Å². The maximum Gasteiger partial charge on any atom is 0.410 e. The Hall–Kier alpha value is -1.99. The summed E-state index contributed by atoms with van der Waals surface area (Å²) in [6.07, 6.45) is -0.0579. The van der Waals surface area contributed by atoms with Crippen molar-refractivity contribution in [3.8, 4) is 0 Å². The molecule has 27 heavy (non-hydrogen) atoms. The van der Waals surface area contributed by atoms with E-state index in [9.17, 15) is 14.4 Å². The summed E-state index contributed by atoms with van der Waals surface area (Å²) in [5.41, 5.74) is -1.15. The van der Waals surface area contributed by atoms with Gasteiger partial charge in [-0.15, -0.1) is 0 Å². The van der Waals surface area contributed by atoms with E-state index in [-0.39, 0.29) is 24.2 Å². The number of rotatable bonds is 4. The molecule has 0 bridgehead atoms. The second-order valence-corrected chi connectivity index (χ2v) is 8.90. The molecule has 0 saturated carbocycles. The van der Waals surface area contributed by atoms with E-state index in [1.165, 1.54) is 7.11 Å². The van der Waals surface area contributed by atoms with Crippen LogP contribution in [-0.4, -0.2) is 61.0 Å². The number of ether oxygens (including phenoxy) is 3. The molecule has 1 aliphatic rings. The van der Waals surface area contributed by atoms with Gasteiger partial charge in [-0.2, -0.15) is 0 Å². The number of likely N-dealkylation sites (tertiary alicyclic amines) is 1. The van der Waals surface area contributed by atoms with E-state index in [1.807, 2.05) is 20.8 Å². The average Bonchev–Trinajstić information content (AvgIpc) is 2.50. The molecule has 0 radical (unpaired) electrons. The molecule has 2 unspecified atom stereocenters. The molecule has 2 amide bonds. The van der Waals surface area contributed by atoms with Gasteiger partial charge >= 0.3 is 18.2 Å². The summed E-state index contributed by atoms with van der Waals surface area (Å²) in [5, 5.41) is 2.76. The number of nitrogens with one attached hydrogen (secondary N) is 1. The van der Waals surface area contributed by atoms with Gasteiger partial charge in [-0.05, 0) is 59.8 Å². The van der Waals surface area contributed by atoms with Gasteiger partial charge in [-0.3, -0.25) is 4.79 Å². The molecule has 1 aliphatic heterocycles. The summed E-state index contributed by atoms with van der Waals surface area (Å²) in [6.45, 7) is 12.1. The van der Waals surface area contributed by atoms with Crippen molar-refractivity contribution in [3.05, 3.63) is 0 Å². The van der Waals surface area contributed by atoms with E-state index in [1.54, 1.807) is 25.7 Å². The minimum atomic E-state index is -0.579. The Labute approximate surface area is 161 Å². The van der Waals surface area contributed by atoms with Gasteiger partial charge in [0.1, 0.15) is 11.2 Å². The van der Waals surface area contributed by atoms with Crippen molar-refractivity contribution in [2.75, 3.05) is 26.7 Å². The van der Waals surface area contributed by atoms with Crippen molar-refractivity contribution in [3.63, 3.8) is 0 Å². The van der Waals surface area contributed by atoms with Gasteiger partial charge in [-0.1, -0.05) is 0 Å². The van der Waals surface area contributed by atoms with Crippen molar-refractivity contribution < 1.29 is 28.6 Å². The Balaban J connectivity index is 2.71. The summed E-state index contributed by atoms with van der Waals surface area (Å²) in [5.74, 6) is -0.433. The third-order valence-corrected chi connectivity index (χ3v) is 4.11. The van der Waals surface area contributed by atoms with Crippen LogP contribution in [0.4, 0.5) is 9.59 Å². The van der Waals surface area contributed by atoms with Crippen LogP contribution in [0.3, 0.4) is 0 Å². The zero-order chi connectivity index (χ0) is 20.8. The Morgan fingerprint density at radius 3 is 2.11 bits per heavy atom. The number of methoxy groups -OCH3 is 1. The number of alkyl carbamates (subject to hydrolysis) is 1. The number of nitrogens with zero attached hydrogens (tertiary/aromatic N) is 1. The van der Waals surface area contributed by atoms with Gasteiger partial charge in [0, 0.05) is 19.6 Å². The summed E-state index contributed by atoms with van der Waals surface area (Å²) >= 11 is 0. The number of hydrogen-bond acceptors (Lipinski definition) is 6. The Morgan fingerprint density at radius 2 is 1.59 bits per heavy atom. The SMILES string of the molecule is COC(=O)CC1CN(C(=O)OC(C)(C)C)CCC1CNC(=O)OC(C)(C)C. The minimum absolute atomic E-state index is 0.0373. The van der Waals surface area contributed by atoms with E-state index in [0.29, 0.717) is 26.1 Å². The largest absolute Gasteiger partial charge is 0.469 e. The third kappa shape index (κ3) is 8.97. The van der Waals surface area contributed by atoms with Crippen molar-refractivity contribution in [1.82, 2.24) is 10.2 Å². The lowest BCUT2D eigenvalue weighted by Gasteiger charge is -2.38. The number of piperidine rings is 1. The summed E-state index contributed by atoms with van der Waals surface area (Å²) < 4.78 is 15.5. The molecule has 0 aliphatic carbocycles. The molecule has 1 fully saturated rings. The number of amides is 2. The van der Waals surface area contributed by atoms with Crippen LogP contribution in [0.1, 0.15) is 54.4 Å². The molecule has 156 valence electrons. The highest BCUT2D eigenvalue weighted by molar-refractivity contribution is 5.71. The van der Waals surface area contributed by atoms with Crippen LogP contribution < -0.4 is 5.32 Å². The molecule has 8 heteroatoms. The zero-order valence-electron chi connectivity index (χ0n) is 17.6. The predicted molar refractivity (Wildman–Crippen MR) is 100 cm³/mol. The summed E-state index contributed by atoms with van der Waals surface area (Å²) in [6, 6.07) is 0. The quantitative estimate of drug-likeness (QED) is 0.590. The average molecular weight is 386 g/mol. The maximum absolute atomic E-state index is 12.3. The van der Waals surface area contributed by atoms with Gasteiger partial charge in [0.15, 0.2) is 0 Å². The van der Waals surface area contributed by atoms with Crippen LogP contribution >= 0.6 is 0 Å². The number of hydrogen-bond donors (Lipinski definition) is 1. The summed E-state index contributed by atoms with van der Waals surface area (Å²) in [7, 11) is 1.34. The number of carbonyl (C=O) groups is 3. The van der Waals surface area contributed by atoms with Crippen molar-refractivity contribution in [2.45, 2.75) is 65.6 Å². The monoisotopic (exact) mass is 386 g/mol. The van der Waals surface area contributed by atoms with Gasteiger partial charge in [0.2, 0.25) is 0 Å². The molecule has 1 saturated heterocycles. The first kappa shape index (κ1) is 23.0. The molecule has 0 spiro atoms. The first-order chi connectivity index (χ1) is 12.3. The molecule has 2 atom stereocenters. The van der Waals surface area contributed by atoms with Crippen LogP contribution in [0.15, 0.2) is 0 Å². The van der Waals surface area contributed by atoms with Crippen molar-refractivity contribution in [1.29, 1.82) is 0 Å². The summed E-state index contributed by atoms with van der Waals surface area (Å²) in [4.78, 5) is 37.6. The molecule has 1 rings (SSSR count). The zero-order valence-corrected chi connectivity index (χ0v) is 17.6. The van der Waals surface area contributed by atoms with Crippen molar-refractivity contribution >= 4 is 18.2 Å². The number of carbonyl (C=O) groups excluding carboxylic acids is 3. The molecular weight excluding hydrogens is 352 g/mol. The molecule has 8 nitrogen and oxygen atoms in total. The molecule has 0 aromatic heterocycles. The molecular formula is C19H34N2O6. The molecule has 1 N–H and O–H groups in total. The smallest absolute Gasteiger partial charge is 0.410 e. The Morgan fingerprint density at radius 1 is 1.00 bits per heavy atom. The first-order valence-electron chi connectivity index (χ1n) is 9.32. The van der Waals surface area contributed by atoms with Crippen LogP contribution in [0.25, 0.3) is 0 Å². The Bertz CT molecular complexity index is 535. The van der Waals surface area contributed by atoms with Gasteiger partial charge in [0.25, 0.3) is 0 Å². The van der Waals surface area contributed by atoms with Gasteiger partial charge in [-0.25, -0.2) is 9.59 Å². The van der Waals surface area contributed by atoms with Crippen LogP contribution in [-0.2, 0) is 19.0 Å². The highest BCUT2D eigenvalue weighted by Crippen LogP contribution is 2.27. The normalized spacial score (nSPS) is 20.6. The lowest BCUT2D eigenvalue weighted by Crippen LogP contribution is -2.49. The van der Waals surface area contributed by atoms with Crippen LogP contribution in [0, 0.1) is 11.8 Å². The fraction of sp³-hybridized carbons (Fsp3) is 0.842. The lowest BCUT2D eigenvalue weighted by molar-refractivity contribution is -0.142. The molecule has 0 aromatic carbocycles. The Kier molecular flexibility index (Phi) is 7.92. The predicted octanol–water partition coefficient (Wildman–Crippen LogP) is 2.95. The maximum atomic E-state index is 12.3. The highest BCUT2D eigenvalue weighted by Gasteiger charge is 2.35. The topological polar surface area (TPSA) is 94.2 Å². The number of esters is 1. The molecule has 1 heterocycles. The first-order valence-corrected chi connectivity index (χ1v) is 9.32. The fourth-order valence-electron chi connectivity index (χ4n) is 2.90. The minimum Gasteiger partial charge on any atom is -0.469 e. The van der Waals surface area contributed by atoms with Gasteiger partial charge in [0.05, 0.1) is 13.5 Å². The lowest BCUT2D eigenvalue weighted by atomic mass is 9.83. The van der Waals surface area contributed by atoms with E-state index >= 15 is 0 Å².